The van der Waals surface area contributed by atoms with Crippen LogP contribution in [0, 0.1) is 5.82 Å². The summed E-state index contributed by atoms with van der Waals surface area (Å²) in [5.74, 6) is 0.900. The van der Waals surface area contributed by atoms with Gasteiger partial charge in [-0.1, -0.05) is 12.1 Å². The Balaban J connectivity index is 1.73. The normalized spacial score (nSPS) is 11.2. The molecule has 132 valence electrons. The topological polar surface area (TPSA) is 83.0 Å². The first kappa shape index (κ1) is 16.6. The second-order valence-electron chi connectivity index (χ2n) is 5.34. The summed E-state index contributed by atoms with van der Waals surface area (Å²) in [5, 5.41) is 16.5. The Morgan fingerprint density at radius 2 is 2.12 bits per heavy atom. The van der Waals surface area contributed by atoms with Gasteiger partial charge in [-0.05, 0) is 35.0 Å². The van der Waals surface area contributed by atoms with Gasteiger partial charge in [-0.3, -0.25) is 0 Å². The van der Waals surface area contributed by atoms with Crippen molar-refractivity contribution in [2.75, 3.05) is 0 Å². The van der Waals surface area contributed by atoms with E-state index < -0.39 is 5.82 Å². The maximum atomic E-state index is 14.2. The van der Waals surface area contributed by atoms with Crippen molar-refractivity contribution in [1.82, 2.24) is 34.6 Å². The number of halogens is 2. The first-order valence-corrected chi connectivity index (χ1v) is 8.62. The van der Waals surface area contributed by atoms with E-state index in [4.69, 9.17) is 4.74 Å². The zero-order chi connectivity index (χ0) is 18.1. The fourth-order valence-corrected chi connectivity index (χ4v) is 3.01. The molecule has 0 amide bonds. The number of nitrogens with zero attached hydrogens (tertiary/aromatic N) is 7. The molecule has 1 aromatic carbocycles. The maximum Gasteiger partial charge on any atom is 0.248 e. The highest BCUT2D eigenvalue weighted by molar-refractivity contribution is 9.10. The predicted octanol–water partition coefficient (Wildman–Crippen LogP) is 2.88. The van der Waals surface area contributed by atoms with Gasteiger partial charge in [-0.25, -0.2) is 18.6 Å². The lowest BCUT2D eigenvalue weighted by atomic mass is 10.2. The number of aromatic nitrogens is 7. The van der Waals surface area contributed by atoms with E-state index in [0.717, 1.165) is 0 Å². The number of hydrogen-bond donors (Lipinski definition) is 0. The zero-order valence-corrected chi connectivity index (χ0v) is 15.3. The third-order valence-corrected chi connectivity index (χ3v) is 4.56. The summed E-state index contributed by atoms with van der Waals surface area (Å²) < 4.78 is 23.8. The van der Waals surface area contributed by atoms with Crippen molar-refractivity contribution in [3.05, 3.63) is 52.9 Å². The summed E-state index contributed by atoms with van der Waals surface area (Å²) in [6, 6.07) is 6.33. The Hall–Kier alpha value is -2.88. The fourth-order valence-electron chi connectivity index (χ4n) is 2.54. The Morgan fingerprint density at radius 3 is 2.92 bits per heavy atom. The molecular weight excluding hydrogens is 405 g/mol. The van der Waals surface area contributed by atoms with Gasteiger partial charge >= 0.3 is 0 Å². The molecule has 0 spiro atoms. The molecule has 0 aliphatic carbocycles. The van der Waals surface area contributed by atoms with Gasteiger partial charge < -0.3 is 4.74 Å². The van der Waals surface area contributed by atoms with Crippen molar-refractivity contribution >= 4 is 21.4 Å². The van der Waals surface area contributed by atoms with Crippen LogP contribution in [0.4, 0.5) is 4.39 Å². The number of aryl methyl sites for hydroxylation is 1. The number of hydrogen-bond acceptors (Lipinski definition) is 6. The molecule has 3 heterocycles. The van der Waals surface area contributed by atoms with E-state index >= 15 is 0 Å². The smallest absolute Gasteiger partial charge is 0.248 e. The van der Waals surface area contributed by atoms with Crippen LogP contribution in [0.25, 0.3) is 16.9 Å². The standard InChI is InChI=1S/C16H13BrFN7O/c1-2-24-13(19-9-21-24)8-26-16-14(17)12-7-20-22-15(25(12)23-16)10-5-3-4-6-11(10)18/h3-7,9H,2,8H2,1H3. The van der Waals surface area contributed by atoms with Gasteiger partial charge in [-0.15, -0.1) is 10.2 Å². The van der Waals surface area contributed by atoms with Crippen molar-refractivity contribution in [2.45, 2.75) is 20.1 Å². The van der Waals surface area contributed by atoms with Crippen LogP contribution < -0.4 is 4.74 Å². The van der Waals surface area contributed by atoms with Crippen molar-refractivity contribution < 1.29 is 9.13 Å². The van der Waals surface area contributed by atoms with E-state index in [1.807, 2.05) is 6.92 Å². The van der Waals surface area contributed by atoms with Gasteiger partial charge in [0.2, 0.25) is 5.88 Å². The van der Waals surface area contributed by atoms with Crippen LogP contribution in [-0.4, -0.2) is 34.6 Å². The molecule has 0 atom stereocenters. The van der Waals surface area contributed by atoms with Crippen LogP contribution >= 0.6 is 15.9 Å². The van der Waals surface area contributed by atoms with E-state index in [2.05, 4.69) is 41.3 Å². The summed E-state index contributed by atoms with van der Waals surface area (Å²) in [7, 11) is 0. The molecule has 0 saturated heterocycles. The highest BCUT2D eigenvalue weighted by atomic mass is 79.9. The van der Waals surface area contributed by atoms with Crippen LogP contribution in [0.15, 0.2) is 41.3 Å². The molecule has 10 heteroatoms. The number of ether oxygens (including phenoxy) is 1. The second-order valence-corrected chi connectivity index (χ2v) is 6.14. The molecule has 0 aliphatic heterocycles. The van der Waals surface area contributed by atoms with Crippen LogP contribution in [0.3, 0.4) is 0 Å². The lowest BCUT2D eigenvalue weighted by Crippen LogP contribution is -2.07. The Morgan fingerprint density at radius 1 is 1.27 bits per heavy atom. The molecule has 3 aromatic heterocycles. The SMILES string of the molecule is CCn1ncnc1COc1nn2c(-c3ccccc3F)nncc2c1Br. The Kier molecular flexibility index (Phi) is 4.33. The van der Waals surface area contributed by atoms with Crippen molar-refractivity contribution in [3.8, 4) is 17.3 Å². The van der Waals surface area contributed by atoms with Gasteiger partial charge in [0.05, 0.1) is 11.8 Å². The van der Waals surface area contributed by atoms with Crippen molar-refractivity contribution in [2.24, 2.45) is 0 Å². The average Bonchev–Trinajstić information content (AvgIpc) is 3.24. The molecule has 0 bridgehead atoms. The minimum Gasteiger partial charge on any atom is -0.468 e. The first-order valence-electron chi connectivity index (χ1n) is 7.83. The largest absolute Gasteiger partial charge is 0.468 e. The lowest BCUT2D eigenvalue weighted by Gasteiger charge is -2.04. The summed E-state index contributed by atoms with van der Waals surface area (Å²) >= 11 is 3.46. The molecule has 8 nitrogen and oxygen atoms in total. The third kappa shape index (κ3) is 2.81. The predicted molar refractivity (Wildman–Crippen MR) is 93.9 cm³/mol. The van der Waals surface area contributed by atoms with E-state index in [-0.39, 0.29) is 12.4 Å². The van der Waals surface area contributed by atoms with E-state index in [1.165, 1.54) is 23.1 Å². The van der Waals surface area contributed by atoms with E-state index in [9.17, 15) is 4.39 Å². The summed E-state index contributed by atoms with van der Waals surface area (Å²) in [6.07, 6.45) is 3.01. The second kappa shape index (κ2) is 6.79. The van der Waals surface area contributed by atoms with E-state index in [0.29, 0.717) is 33.8 Å². The molecule has 26 heavy (non-hydrogen) atoms. The summed E-state index contributed by atoms with van der Waals surface area (Å²) in [4.78, 5) is 4.17. The van der Waals surface area contributed by atoms with Gasteiger partial charge in [0, 0.05) is 6.54 Å². The van der Waals surface area contributed by atoms with E-state index in [1.54, 1.807) is 22.9 Å². The van der Waals surface area contributed by atoms with Gasteiger partial charge in [0.25, 0.3) is 0 Å². The minimum atomic E-state index is -0.403. The third-order valence-electron chi connectivity index (χ3n) is 3.81. The molecule has 0 aliphatic rings. The minimum absolute atomic E-state index is 0.201. The summed E-state index contributed by atoms with van der Waals surface area (Å²) in [5.41, 5.74) is 0.920. The summed E-state index contributed by atoms with van der Waals surface area (Å²) in [6.45, 7) is 2.86. The van der Waals surface area contributed by atoms with Gasteiger partial charge in [0.1, 0.15) is 28.7 Å². The van der Waals surface area contributed by atoms with Crippen LogP contribution in [0.5, 0.6) is 5.88 Å². The zero-order valence-electron chi connectivity index (χ0n) is 13.7. The molecular formula is C16H13BrFN7O. The van der Waals surface area contributed by atoms with Gasteiger partial charge in [0.15, 0.2) is 11.6 Å². The Labute approximate surface area is 155 Å². The monoisotopic (exact) mass is 417 g/mol. The highest BCUT2D eigenvalue weighted by Gasteiger charge is 2.18. The van der Waals surface area contributed by atoms with Crippen LogP contribution in [0.1, 0.15) is 12.7 Å². The molecule has 0 unspecified atom stereocenters. The van der Waals surface area contributed by atoms with Crippen molar-refractivity contribution in [3.63, 3.8) is 0 Å². The first-order chi connectivity index (χ1) is 12.7. The molecule has 0 radical (unpaired) electrons. The number of benzene rings is 1. The molecule has 0 N–H and O–H groups in total. The van der Waals surface area contributed by atoms with Crippen molar-refractivity contribution in [1.29, 1.82) is 0 Å². The molecule has 4 rings (SSSR count). The van der Waals surface area contributed by atoms with Crippen LogP contribution in [-0.2, 0) is 13.2 Å². The fraction of sp³-hybridized carbons (Fsp3) is 0.188. The molecule has 4 aromatic rings. The lowest BCUT2D eigenvalue weighted by molar-refractivity contribution is 0.273. The number of rotatable bonds is 5. The quantitative estimate of drug-likeness (QED) is 0.496. The van der Waals surface area contributed by atoms with Gasteiger partial charge in [-0.2, -0.15) is 10.2 Å². The Bertz CT molecular complexity index is 1080. The molecule has 0 saturated carbocycles. The number of fused-ring (bicyclic) bond motifs is 1. The van der Waals surface area contributed by atoms with Crippen LogP contribution in [0.2, 0.25) is 0 Å². The average molecular weight is 418 g/mol. The molecule has 0 fully saturated rings. The highest BCUT2D eigenvalue weighted by Crippen LogP contribution is 2.31. The maximum absolute atomic E-state index is 14.2.